The number of hydrogen-bond acceptors (Lipinski definition) is 1. The van der Waals surface area contributed by atoms with Crippen molar-refractivity contribution in [2.75, 3.05) is 7.05 Å². The minimum Gasteiger partial charge on any atom is -0.312 e. The summed E-state index contributed by atoms with van der Waals surface area (Å²) in [5.74, 6) is -3.49. The van der Waals surface area contributed by atoms with Crippen molar-refractivity contribution in [3.63, 3.8) is 0 Å². The van der Waals surface area contributed by atoms with Gasteiger partial charge in [-0.1, -0.05) is 17.7 Å². The van der Waals surface area contributed by atoms with Crippen LogP contribution in [-0.4, -0.2) is 19.4 Å². The van der Waals surface area contributed by atoms with Crippen molar-refractivity contribution < 1.29 is 26.3 Å². The first-order valence-electron chi connectivity index (χ1n) is 5.97. The quantitative estimate of drug-likeness (QED) is 0.771. The Morgan fingerprint density at radius 2 is 1.43 bits per heavy atom. The van der Waals surface area contributed by atoms with E-state index in [4.69, 9.17) is 11.6 Å². The molecular weight excluding hydrogens is 320 g/mol. The molecule has 0 aliphatic carbocycles. The zero-order chi connectivity index (χ0) is 16.6. The monoisotopic (exact) mass is 333 g/mol. The lowest BCUT2D eigenvalue weighted by Gasteiger charge is -2.31. The molecule has 1 N–H and O–H groups in total. The molecule has 21 heavy (non-hydrogen) atoms. The van der Waals surface area contributed by atoms with E-state index in [1.54, 1.807) is 0 Å². The van der Waals surface area contributed by atoms with Gasteiger partial charge in [0.25, 0.3) is 0 Å². The first-order chi connectivity index (χ1) is 9.39. The van der Waals surface area contributed by atoms with E-state index in [1.807, 2.05) is 0 Å². The van der Waals surface area contributed by atoms with Gasteiger partial charge in [0.1, 0.15) is 0 Å². The Balaban J connectivity index is 3.44. The lowest BCUT2D eigenvalue weighted by Crippen LogP contribution is -2.45. The molecule has 1 rings (SSSR count). The van der Waals surface area contributed by atoms with Gasteiger partial charge in [-0.3, -0.25) is 0 Å². The van der Waals surface area contributed by atoms with Crippen LogP contribution in [0.3, 0.4) is 0 Å². The van der Waals surface area contributed by atoms with Gasteiger partial charge in [0.15, 0.2) is 5.92 Å². The van der Waals surface area contributed by atoms with E-state index >= 15 is 0 Å². The van der Waals surface area contributed by atoms with Crippen LogP contribution in [-0.2, 0) is 0 Å². The minimum absolute atomic E-state index is 0.0703. The van der Waals surface area contributed by atoms with Gasteiger partial charge in [0.2, 0.25) is 0 Å². The van der Waals surface area contributed by atoms with E-state index in [2.05, 4.69) is 5.32 Å². The van der Waals surface area contributed by atoms with E-state index < -0.39 is 24.3 Å². The molecular formula is C13H14ClF6N. The number of nitrogens with one attached hydrogen (secondary N) is 1. The second-order valence-corrected chi connectivity index (χ2v) is 5.19. The zero-order valence-electron chi connectivity index (χ0n) is 11.5. The topological polar surface area (TPSA) is 12.0 Å². The number of rotatable bonds is 3. The first kappa shape index (κ1) is 18.1. The van der Waals surface area contributed by atoms with Crippen LogP contribution in [0.1, 0.15) is 22.7 Å². The van der Waals surface area contributed by atoms with Crippen molar-refractivity contribution in [3.05, 3.63) is 33.8 Å². The zero-order valence-corrected chi connectivity index (χ0v) is 12.2. The maximum absolute atomic E-state index is 12.9. The summed E-state index contributed by atoms with van der Waals surface area (Å²) < 4.78 is 77.2. The molecule has 1 atom stereocenters. The summed E-state index contributed by atoms with van der Waals surface area (Å²) in [7, 11) is 1.07. The number of benzene rings is 1. The second kappa shape index (κ2) is 6.04. The predicted octanol–water partition coefficient (Wildman–Crippen LogP) is 4.96. The molecule has 0 aromatic heterocycles. The number of hydrogen-bond donors (Lipinski definition) is 1. The van der Waals surface area contributed by atoms with Gasteiger partial charge in [-0.2, -0.15) is 26.3 Å². The number of halogens is 7. The summed E-state index contributed by atoms with van der Waals surface area (Å²) in [5.41, 5.74) is 0.614. The molecule has 8 heteroatoms. The van der Waals surface area contributed by atoms with Crippen LogP contribution in [0.4, 0.5) is 26.3 Å². The molecule has 0 heterocycles. The van der Waals surface area contributed by atoms with Crippen molar-refractivity contribution in [2.24, 2.45) is 5.92 Å². The molecule has 0 aliphatic heterocycles. The summed E-state index contributed by atoms with van der Waals surface area (Å²) >= 11 is 5.83. The summed E-state index contributed by atoms with van der Waals surface area (Å²) in [5, 5.41) is 2.43. The molecule has 0 saturated heterocycles. The van der Waals surface area contributed by atoms with Crippen LogP contribution in [0.5, 0.6) is 0 Å². The third-order valence-corrected chi connectivity index (χ3v) is 3.64. The van der Waals surface area contributed by atoms with Gasteiger partial charge in [0, 0.05) is 5.02 Å². The first-order valence-corrected chi connectivity index (χ1v) is 6.34. The number of alkyl halides is 6. The SMILES string of the molecule is CNC(c1cc(C)c(Cl)cc1C)C(C(F)(F)F)C(F)(F)F. The van der Waals surface area contributed by atoms with Crippen LogP contribution in [0, 0.1) is 19.8 Å². The third-order valence-electron chi connectivity index (χ3n) is 3.23. The van der Waals surface area contributed by atoms with E-state index in [0.29, 0.717) is 10.6 Å². The molecule has 0 aliphatic rings. The summed E-state index contributed by atoms with van der Waals surface area (Å²) in [6.07, 6.45) is -10.8. The molecule has 1 nitrogen and oxygen atoms in total. The van der Waals surface area contributed by atoms with E-state index in [1.165, 1.54) is 26.0 Å². The fourth-order valence-corrected chi connectivity index (χ4v) is 2.42. The highest BCUT2D eigenvalue weighted by atomic mass is 35.5. The van der Waals surface area contributed by atoms with Gasteiger partial charge in [-0.15, -0.1) is 0 Å². The molecule has 120 valence electrons. The van der Waals surface area contributed by atoms with Crippen LogP contribution in [0.25, 0.3) is 0 Å². The van der Waals surface area contributed by atoms with Crippen LogP contribution >= 0.6 is 11.6 Å². The summed E-state index contributed by atoms with van der Waals surface area (Å²) in [6.45, 7) is 2.95. The van der Waals surface area contributed by atoms with E-state index in [0.717, 1.165) is 7.05 Å². The molecule has 1 aromatic carbocycles. The second-order valence-electron chi connectivity index (χ2n) is 4.79. The van der Waals surface area contributed by atoms with Gasteiger partial charge in [-0.05, 0) is 43.7 Å². The van der Waals surface area contributed by atoms with Crippen LogP contribution < -0.4 is 5.32 Å². The lowest BCUT2D eigenvalue weighted by molar-refractivity contribution is -0.292. The molecule has 0 bridgehead atoms. The average molecular weight is 334 g/mol. The molecule has 0 radical (unpaired) electrons. The molecule has 0 amide bonds. The largest absolute Gasteiger partial charge is 0.402 e. The maximum Gasteiger partial charge on any atom is 0.402 e. The Bertz CT molecular complexity index is 495. The lowest BCUT2D eigenvalue weighted by atomic mass is 9.88. The minimum atomic E-state index is -5.41. The fraction of sp³-hybridized carbons (Fsp3) is 0.538. The van der Waals surface area contributed by atoms with E-state index in [9.17, 15) is 26.3 Å². The Morgan fingerprint density at radius 1 is 0.952 bits per heavy atom. The molecule has 0 saturated carbocycles. The van der Waals surface area contributed by atoms with Crippen LogP contribution in [0.15, 0.2) is 12.1 Å². The Kier molecular flexibility index (Phi) is 5.21. The fourth-order valence-electron chi connectivity index (χ4n) is 2.20. The molecule has 1 unspecified atom stereocenters. The third kappa shape index (κ3) is 4.03. The van der Waals surface area contributed by atoms with Crippen molar-refractivity contribution in [1.29, 1.82) is 0 Å². The molecule has 0 fully saturated rings. The Hall–Kier alpha value is -0.950. The highest BCUT2D eigenvalue weighted by Gasteiger charge is 2.60. The number of aryl methyl sites for hydroxylation is 2. The highest BCUT2D eigenvalue weighted by Crippen LogP contribution is 2.47. The Morgan fingerprint density at radius 3 is 1.81 bits per heavy atom. The Labute approximate surface area is 123 Å². The van der Waals surface area contributed by atoms with Gasteiger partial charge >= 0.3 is 12.4 Å². The predicted molar refractivity (Wildman–Crippen MR) is 68.3 cm³/mol. The summed E-state index contributed by atoms with van der Waals surface area (Å²) in [4.78, 5) is 0. The van der Waals surface area contributed by atoms with Gasteiger partial charge in [-0.25, -0.2) is 0 Å². The van der Waals surface area contributed by atoms with Crippen molar-refractivity contribution in [1.82, 2.24) is 5.32 Å². The smallest absolute Gasteiger partial charge is 0.312 e. The standard InChI is InChI=1S/C13H14ClF6N/c1-6-5-9(14)7(2)4-8(6)10(21-3)11(12(15,16)17)13(18,19)20/h4-5,10-11,21H,1-3H3. The maximum atomic E-state index is 12.9. The van der Waals surface area contributed by atoms with Gasteiger partial charge < -0.3 is 5.32 Å². The van der Waals surface area contributed by atoms with Gasteiger partial charge in [0.05, 0.1) is 6.04 Å². The average Bonchev–Trinajstić information content (AvgIpc) is 2.27. The van der Waals surface area contributed by atoms with E-state index in [-0.39, 0.29) is 11.1 Å². The van der Waals surface area contributed by atoms with Crippen molar-refractivity contribution in [3.8, 4) is 0 Å². The molecule has 1 aromatic rings. The van der Waals surface area contributed by atoms with Crippen LogP contribution in [0.2, 0.25) is 5.02 Å². The molecule has 0 spiro atoms. The van der Waals surface area contributed by atoms with Crippen molar-refractivity contribution >= 4 is 11.6 Å². The highest BCUT2D eigenvalue weighted by molar-refractivity contribution is 6.31. The summed E-state index contributed by atoms with van der Waals surface area (Å²) in [6, 6.07) is 0.685. The van der Waals surface area contributed by atoms with Crippen molar-refractivity contribution in [2.45, 2.75) is 32.2 Å². The normalized spacial score (nSPS) is 14.6.